The molecule has 0 saturated carbocycles. The lowest BCUT2D eigenvalue weighted by molar-refractivity contribution is 0.228. The molecular formula is C18H22N2. The van der Waals surface area contributed by atoms with E-state index in [0.29, 0.717) is 0 Å². The molecule has 3 rings (SSSR count). The maximum absolute atomic E-state index is 5.78. The molecule has 1 heterocycles. The van der Waals surface area contributed by atoms with Gasteiger partial charge in [-0.1, -0.05) is 50.2 Å². The first-order chi connectivity index (χ1) is 9.54. The lowest BCUT2D eigenvalue weighted by Crippen LogP contribution is -2.33. The van der Waals surface area contributed by atoms with Crippen molar-refractivity contribution >= 4 is 5.69 Å². The number of hydrogen-bond acceptors (Lipinski definition) is 2. The van der Waals surface area contributed by atoms with E-state index in [2.05, 4.69) is 55.1 Å². The van der Waals surface area contributed by atoms with Crippen LogP contribution in [0.15, 0.2) is 48.5 Å². The van der Waals surface area contributed by atoms with Crippen LogP contribution in [0.2, 0.25) is 0 Å². The highest BCUT2D eigenvalue weighted by molar-refractivity contribution is 5.41. The molecule has 0 fully saturated rings. The highest BCUT2D eigenvalue weighted by Crippen LogP contribution is 2.29. The molecule has 0 amide bonds. The molecule has 2 N–H and O–H groups in total. The summed E-state index contributed by atoms with van der Waals surface area (Å²) in [4.78, 5) is 2.53. The zero-order valence-corrected chi connectivity index (χ0v) is 12.3. The molecule has 2 nitrogen and oxygen atoms in total. The van der Waals surface area contributed by atoms with Gasteiger partial charge in [-0.2, -0.15) is 0 Å². The van der Waals surface area contributed by atoms with Crippen LogP contribution in [0.5, 0.6) is 0 Å². The molecule has 0 atom stereocenters. The Hall–Kier alpha value is -1.80. The van der Waals surface area contributed by atoms with E-state index in [9.17, 15) is 0 Å². The summed E-state index contributed by atoms with van der Waals surface area (Å²) in [7, 11) is 0. The van der Waals surface area contributed by atoms with Crippen LogP contribution in [0.4, 0.5) is 5.69 Å². The second kappa shape index (κ2) is 4.95. The average molecular weight is 266 g/mol. The topological polar surface area (TPSA) is 29.3 Å². The Labute approximate surface area is 121 Å². The number of nitrogen functional groups attached to an aromatic ring is 1. The van der Waals surface area contributed by atoms with Gasteiger partial charge in [0.1, 0.15) is 0 Å². The van der Waals surface area contributed by atoms with E-state index in [1.807, 2.05) is 12.1 Å². The minimum absolute atomic E-state index is 0.135. The first-order valence-corrected chi connectivity index (χ1v) is 7.20. The first-order valence-electron chi connectivity index (χ1n) is 7.20. The van der Waals surface area contributed by atoms with Crippen molar-refractivity contribution < 1.29 is 0 Å². The van der Waals surface area contributed by atoms with Gasteiger partial charge >= 0.3 is 0 Å². The number of anilines is 1. The molecule has 20 heavy (non-hydrogen) atoms. The van der Waals surface area contributed by atoms with Gasteiger partial charge in [-0.3, -0.25) is 4.90 Å². The van der Waals surface area contributed by atoms with Crippen molar-refractivity contribution in [3.63, 3.8) is 0 Å². The van der Waals surface area contributed by atoms with E-state index < -0.39 is 0 Å². The second-order valence-corrected chi connectivity index (χ2v) is 6.42. The summed E-state index contributed by atoms with van der Waals surface area (Å²) in [5.74, 6) is 0. The molecule has 2 heteroatoms. The Morgan fingerprint density at radius 3 is 2.05 bits per heavy atom. The average Bonchev–Trinajstić information content (AvgIpc) is 2.80. The number of hydrogen-bond donors (Lipinski definition) is 1. The Bertz CT molecular complexity index is 574. The normalized spacial score (nSPS) is 15.3. The van der Waals surface area contributed by atoms with Crippen LogP contribution < -0.4 is 5.73 Å². The van der Waals surface area contributed by atoms with Gasteiger partial charge < -0.3 is 5.73 Å². The molecule has 0 aliphatic carbocycles. The van der Waals surface area contributed by atoms with Crippen molar-refractivity contribution in [2.24, 2.45) is 0 Å². The molecule has 2 aromatic carbocycles. The molecule has 1 aliphatic rings. The van der Waals surface area contributed by atoms with Gasteiger partial charge in [-0.25, -0.2) is 0 Å². The van der Waals surface area contributed by atoms with Gasteiger partial charge in [0, 0.05) is 30.7 Å². The Kier molecular flexibility index (Phi) is 3.27. The first kappa shape index (κ1) is 13.2. The summed E-state index contributed by atoms with van der Waals surface area (Å²) >= 11 is 0. The van der Waals surface area contributed by atoms with E-state index in [-0.39, 0.29) is 5.41 Å². The van der Waals surface area contributed by atoms with Crippen LogP contribution in [0.25, 0.3) is 0 Å². The highest BCUT2D eigenvalue weighted by Gasteiger charge is 2.27. The molecule has 104 valence electrons. The van der Waals surface area contributed by atoms with Gasteiger partial charge in [0.15, 0.2) is 0 Å². The minimum Gasteiger partial charge on any atom is -0.399 e. The maximum Gasteiger partial charge on any atom is 0.0314 e. The van der Waals surface area contributed by atoms with Crippen molar-refractivity contribution in [2.45, 2.75) is 32.4 Å². The van der Waals surface area contributed by atoms with Crippen LogP contribution in [-0.2, 0) is 18.5 Å². The lowest BCUT2D eigenvalue weighted by Gasteiger charge is -2.30. The van der Waals surface area contributed by atoms with Gasteiger partial charge in [0.2, 0.25) is 0 Å². The van der Waals surface area contributed by atoms with Gasteiger partial charge in [0.05, 0.1) is 0 Å². The third-order valence-electron chi connectivity index (χ3n) is 4.22. The monoisotopic (exact) mass is 266 g/mol. The van der Waals surface area contributed by atoms with Gasteiger partial charge in [-0.05, 0) is 28.8 Å². The summed E-state index contributed by atoms with van der Waals surface area (Å²) in [5.41, 5.74) is 11.0. The van der Waals surface area contributed by atoms with Gasteiger partial charge in [0.25, 0.3) is 0 Å². The van der Waals surface area contributed by atoms with Crippen LogP contribution in [-0.4, -0.2) is 11.4 Å². The molecule has 0 spiro atoms. The van der Waals surface area contributed by atoms with Crippen LogP contribution in [0, 0.1) is 0 Å². The van der Waals surface area contributed by atoms with E-state index >= 15 is 0 Å². The number of fused-ring (bicyclic) bond motifs is 1. The molecule has 0 aromatic heterocycles. The molecule has 0 radical (unpaired) electrons. The SMILES string of the molecule is CC(C)(CN1Cc2ccccc2C1)c1ccc(N)cc1. The maximum atomic E-state index is 5.78. The molecule has 0 saturated heterocycles. The zero-order valence-electron chi connectivity index (χ0n) is 12.3. The predicted octanol–water partition coefficient (Wildman–Crippen LogP) is 3.56. The van der Waals surface area contributed by atoms with E-state index in [4.69, 9.17) is 5.73 Å². The number of nitrogens with two attached hydrogens (primary N) is 1. The summed E-state index contributed by atoms with van der Waals surface area (Å²) in [6.45, 7) is 7.80. The van der Waals surface area contributed by atoms with Crippen molar-refractivity contribution in [1.29, 1.82) is 0 Å². The Morgan fingerprint density at radius 1 is 0.950 bits per heavy atom. The highest BCUT2D eigenvalue weighted by atomic mass is 15.1. The Balaban J connectivity index is 1.73. The minimum atomic E-state index is 0.135. The second-order valence-electron chi connectivity index (χ2n) is 6.42. The summed E-state index contributed by atoms with van der Waals surface area (Å²) in [6, 6.07) is 17.0. The number of nitrogens with zero attached hydrogens (tertiary/aromatic N) is 1. The van der Waals surface area contributed by atoms with Crippen LogP contribution >= 0.6 is 0 Å². The molecule has 2 aromatic rings. The quantitative estimate of drug-likeness (QED) is 0.861. The van der Waals surface area contributed by atoms with E-state index in [1.54, 1.807) is 0 Å². The fourth-order valence-corrected chi connectivity index (χ4v) is 3.10. The van der Waals surface area contributed by atoms with Gasteiger partial charge in [-0.15, -0.1) is 0 Å². The fraction of sp³-hybridized carbons (Fsp3) is 0.333. The third kappa shape index (κ3) is 2.56. The molecular weight excluding hydrogens is 244 g/mol. The smallest absolute Gasteiger partial charge is 0.0314 e. The van der Waals surface area contributed by atoms with Crippen LogP contribution in [0.3, 0.4) is 0 Å². The van der Waals surface area contributed by atoms with Crippen molar-refractivity contribution in [3.05, 3.63) is 65.2 Å². The van der Waals surface area contributed by atoms with Crippen LogP contribution in [0.1, 0.15) is 30.5 Å². The van der Waals surface area contributed by atoms with E-state index in [0.717, 1.165) is 25.3 Å². The third-order valence-corrected chi connectivity index (χ3v) is 4.22. The summed E-state index contributed by atoms with van der Waals surface area (Å²) in [6.07, 6.45) is 0. The molecule has 0 unspecified atom stereocenters. The number of rotatable bonds is 3. The largest absolute Gasteiger partial charge is 0.399 e. The summed E-state index contributed by atoms with van der Waals surface area (Å²) in [5, 5.41) is 0. The fourth-order valence-electron chi connectivity index (χ4n) is 3.10. The standard InChI is InChI=1S/C18H22N2/c1-18(2,16-7-9-17(19)10-8-16)13-20-11-14-5-3-4-6-15(14)12-20/h3-10H,11-13,19H2,1-2H3. The van der Waals surface area contributed by atoms with Crippen molar-refractivity contribution in [3.8, 4) is 0 Å². The van der Waals surface area contributed by atoms with Crippen molar-refractivity contribution in [2.75, 3.05) is 12.3 Å². The zero-order chi connectivity index (χ0) is 14.2. The molecule has 0 bridgehead atoms. The molecule has 1 aliphatic heterocycles. The lowest BCUT2D eigenvalue weighted by atomic mass is 9.84. The Morgan fingerprint density at radius 2 is 1.50 bits per heavy atom. The van der Waals surface area contributed by atoms with E-state index in [1.165, 1.54) is 16.7 Å². The van der Waals surface area contributed by atoms with Crippen molar-refractivity contribution in [1.82, 2.24) is 4.90 Å². The summed E-state index contributed by atoms with van der Waals surface area (Å²) < 4.78 is 0. The number of benzene rings is 2. The predicted molar refractivity (Wildman–Crippen MR) is 84.4 cm³/mol.